The third kappa shape index (κ3) is 1.91. The molecule has 0 aromatic carbocycles. The first-order valence-electron chi connectivity index (χ1n) is 5.12. The number of carbonyl (C=O) groups excluding carboxylic acids is 1. The first-order chi connectivity index (χ1) is 7.48. The van der Waals surface area contributed by atoms with Crippen LogP contribution in [0, 0.1) is 5.41 Å². The van der Waals surface area contributed by atoms with Gasteiger partial charge in [-0.05, 0) is 32.9 Å². The number of carbonyl (C=O) groups is 1. The van der Waals surface area contributed by atoms with Crippen LogP contribution in [0.5, 0.6) is 0 Å². The minimum atomic E-state index is -0.519. The van der Waals surface area contributed by atoms with Crippen LogP contribution in [0.25, 0.3) is 11.3 Å². The molecule has 0 aromatic rings. The summed E-state index contributed by atoms with van der Waals surface area (Å²) in [6, 6.07) is 3.74. The summed E-state index contributed by atoms with van der Waals surface area (Å²) in [5.74, 6) is -0.272. The SMILES string of the molecule is CC(C)(C)C(=O)On1cccc2cncc1-2. The number of aromatic nitrogens is 2. The Balaban J connectivity index is 2.29. The van der Waals surface area contributed by atoms with Gasteiger partial charge < -0.3 is 4.84 Å². The lowest BCUT2D eigenvalue weighted by molar-refractivity contribution is -0.153. The van der Waals surface area contributed by atoms with Crippen molar-refractivity contribution in [2.45, 2.75) is 20.8 Å². The highest BCUT2D eigenvalue weighted by molar-refractivity contribution is 5.76. The van der Waals surface area contributed by atoms with Gasteiger partial charge in [-0.3, -0.25) is 4.98 Å². The molecule has 4 nitrogen and oxygen atoms in total. The Hall–Kier alpha value is -1.84. The van der Waals surface area contributed by atoms with Crippen LogP contribution in [0.15, 0.2) is 30.7 Å². The highest BCUT2D eigenvalue weighted by Gasteiger charge is 2.24. The van der Waals surface area contributed by atoms with Crippen molar-refractivity contribution in [3.8, 4) is 11.3 Å². The molecule has 0 bridgehead atoms. The van der Waals surface area contributed by atoms with E-state index in [1.165, 1.54) is 4.73 Å². The van der Waals surface area contributed by atoms with Gasteiger partial charge >= 0.3 is 5.97 Å². The van der Waals surface area contributed by atoms with Crippen LogP contribution in [0.2, 0.25) is 0 Å². The third-order valence-electron chi connectivity index (χ3n) is 2.23. The number of nitrogens with zero attached hydrogens (tertiary/aromatic N) is 2. The van der Waals surface area contributed by atoms with E-state index in [1.807, 2.05) is 32.9 Å². The number of hydrogen-bond acceptors (Lipinski definition) is 3. The van der Waals surface area contributed by atoms with Gasteiger partial charge in [-0.15, -0.1) is 0 Å². The summed E-state index contributed by atoms with van der Waals surface area (Å²) < 4.78 is 1.45. The van der Waals surface area contributed by atoms with Crippen LogP contribution >= 0.6 is 0 Å². The number of fused-ring (bicyclic) bond motifs is 1. The van der Waals surface area contributed by atoms with E-state index in [-0.39, 0.29) is 5.97 Å². The summed E-state index contributed by atoms with van der Waals surface area (Å²) in [5, 5.41) is 0. The van der Waals surface area contributed by atoms with E-state index in [0.29, 0.717) is 0 Å². The largest absolute Gasteiger partial charge is 0.338 e. The van der Waals surface area contributed by atoms with Crippen molar-refractivity contribution in [1.29, 1.82) is 0 Å². The molecule has 0 saturated carbocycles. The summed E-state index contributed by atoms with van der Waals surface area (Å²) in [6.07, 6.45) is 5.11. The molecule has 0 radical (unpaired) electrons. The molecule has 0 spiro atoms. The molecule has 0 amide bonds. The van der Waals surface area contributed by atoms with Crippen molar-refractivity contribution < 1.29 is 9.63 Å². The zero-order valence-corrected chi connectivity index (χ0v) is 9.60. The fourth-order valence-electron chi connectivity index (χ4n) is 1.25. The summed E-state index contributed by atoms with van der Waals surface area (Å²) in [7, 11) is 0. The average molecular weight is 218 g/mol. The molecule has 84 valence electrons. The van der Waals surface area contributed by atoms with E-state index in [9.17, 15) is 4.79 Å². The van der Waals surface area contributed by atoms with E-state index in [2.05, 4.69) is 4.98 Å². The van der Waals surface area contributed by atoms with Gasteiger partial charge in [0.2, 0.25) is 0 Å². The van der Waals surface area contributed by atoms with Gasteiger partial charge in [-0.1, -0.05) is 0 Å². The molecule has 0 atom stereocenters. The molecule has 0 saturated heterocycles. The second kappa shape index (κ2) is 3.63. The van der Waals surface area contributed by atoms with Crippen molar-refractivity contribution in [3.05, 3.63) is 30.7 Å². The lowest BCUT2D eigenvalue weighted by atomic mass is 9.98. The minimum Gasteiger partial charge on any atom is -0.336 e. The van der Waals surface area contributed by atoms with E-state index in [0.717, 1.165) is 11.3 Å². The molecular formula is C12H14N2O2. The van der Waals surface area contributed by atoms with Gasteiger partial charge in [-0.2, -0.15) is 4.73 Å². The van der Waals surface area contributed by atoms with Crippen LogP contribution in [-0.4, -0.2) is 15.7 Å². The van der Waals surface area contributed by atoms with Crippen molar-refractivity contribution >= 4 is 5.97 Å². The standard InChI is InChI=1S/C12H14N2O2/c1-12(2,3)11(15)16-14-6-4-5-9-7-13-8-10(9)14/h4-8H,1-3H3. The van der Waals surface area contributed by atoms with Gasteiger partial charge in [0, 0.05) is 18.0 Å². The Kier molecular flexibility index (Phi) is 2.42. The first kappa shape index (κ1) is 10.7. The maximum Gasteiger partial charge on any atom is 0.338 e. The molecule has 0 N–H and O–H groups in total. The second-order valence-electron chi connectivity index (χ2n) is 4.71. The molecular weight excluding hydrogens is 204 g/mol. The highest BCUT2D eigenvalue weighted by atomic mass is 16.7. The zero-order chi connectivity index (χ0) is 11.8. The second-order valence-corrected chi connectivity index (χ2v) is 4.71. The zero-order valence-electron chi connectivity index (χ0n) is 9.60. The normalized spacial score (nSPS) is 11.7. The van der Waals surface area contributed by atoms with Crippen molar-refractivity contribution in [2.24, 2.45) is 5.41 Å². The Bertz CT molecular complexity index is 482. The lowest BCUT2D eigenvalue weighted by Crippen LogP contribution is -2.31. The molecule has 2 aliphatic rings. The summed E-state index contributed by atoms with van der Waals surface area (Å²) >= 11 is 0. The van der Waals surface area contributed by atoms with E-state index in [1.54, 1.807) is 18.6 Å². The third-order valence-corrected chi connectivity index (χ3v) is 2.23. The van der Waals surface area contributed by atoms with Crippen molar-refractivity contribution in [3.63, 3.8) is 0 Å². The van der Waals surface area contributed by atoms with Crippen LogP contribution in [0.4, 0.5) is 0 Å². The molecule has 2 rings (SSSR count). The lowest BCUT2D eigenvalue weighted by Gasteiger charge is -2.18. The van der Waals surface area contributed by atoms with Gasteiger partial charge in [0.05, 0.1) is 11.6 Å². The minimum absolute atomic E-state index is 0.272. The smallest absolute Gasteiger partial charge is 0.336 e. The average Bonchev–Trinajstić information content (AvgIpc) is 2.65. The van der Waals surface area contributed by atoms with E-state index in [4.69, 9.17) is 4.84 Å². The van der Waals surface area contributed by atoms with Gasteiger partial charge in [0.25, 0.3) is 0 Å². The number of rotatable bonds is 1. The molecule has 16 heavy (non-hydrogen) atoms. The summed E-state index contributed by atoms with van der Waals surface area (Å²) in [6.45, 7) is 5.46. The van der Waals surface area contributed by atoms with Crippen LogP contribution in [-0.2, 0) is 4.79 Å². The molecule has 0 aromatic heterocycles. The molecule has 2 aliphatic heterocycles. The van der Waals surface area contributed by atoms with Crippen LogP contribution < -0.4 is 4.84 Å². The monoisotopic (exact) mass is 218 g/mol. The number of pyridine rings is 1. The number of hydrogen-bond donors (Lipinski definition) is 0. The Morgan fingerprint density at radius 2 is 2.12 bits per heavy atom. The van der Waals surface area contributed by atoms with Crippen LogP contribution in [0.1, 0.15) is 20.8 Å². The first-order valence-corrected chi connectivity index (χ1v) is 5.12. The fourth-order valence-corrected chi connectivity index (χ4v) is 1.25. The molecule has 0 aliphatic carbocycles. The van der Waals surface area contributed by atoms with Crippen molar-refractivity contribution in [2.75, 3.05) is 0 Å². The van der Waals surface area contributed by atoms with Gasteiger partial charge in [0.15, 0.2) is 0 Å². The predicted molar refractivity (Wildman–Crippen MR) is 59.9 cm³/mol. The van der Waals surface area contributed by atoms with Gasteiger partial charge in [-0.25, -0.2) is 4.79 Å². The Labute approximate surface area is 94.2 Å². The summed E-state index contributed by atoms with van der Waals surface area (Å²) in [5.41, 5.74) is 1.22. The Morgan fingerprint density at radius 1 is 1.38 bits per heavy atom. The maximum absolute atomic E-state index is 11.7. The van der Waals surface area contributed by atoms with Crippen LogP contribution in [0.3, 0.4) is 0 Å². The van der Waals surface area contributed by atoms with Crippen molar-refractivity contribution in [1.82, 2.24) is 9.71 Å². The maximum atomic E-state index is 11.7. The van der Waals surface area contributed by atoms with E-state index >= 15 is 0 Å². The fraction of sp³-hybridized carbons (Fsp3) is 0.333. The quantitative estimate of drug-likeness (QED) is 0.735. The molecule has 4 heteroatoms. The summed E-state index contributed by atoms with van der Waals surface area (Å²) in [4.78, 5) is 21.0. The predicted octanol–water partition coefficient (Wildman–Crippen LogP) is 1.99. The molecule has 0 fully saturated rings. The molecule has 2 heterocycles. The van der Waals surface area contributed by atoms with E-state index < -0.39 is 5.41 Å². The topological polar surface area (TPSA) is 44.1 Å². The van der Waals surface area contributed by atoms with Gasteiger partial charge in [0.1, 0.15) is 5.69 Å². The molecule has 0 unspecified atom stereocenters. The highest BCUT2D eigenvalue weighted by Crippen LogP contribution is 2.20. The Morgan fingerprint density at radius 3 is 2.81 bits per heavy atom.